The van der Waals surface area contributed by atoms with Crippen LogP contribution in [-0.2, 0) is 14.8 Å². The number of ether oxygens (including phenoxy) is 1. The van der Waals surface area contributed by atoms with Crippen LogP contribution < -0.4 is 10.0 Å². The van der Waals surface area contributed by atoms with Crippen molar-refractivity contribution in [1.29, 1.82) is 0 Å². The fraction of sp³-hybridized carbons (Fsp3) is 0.304. The molecule has 1 aromatic heterocycles. The maximum Gasteiger partial charge on any atom is 0.251 e. The van der Waals surface area contributed by atoms with Crippen molar-refractivity contribution >= 4 is 15.9 Å². The summed E-state index contributed by atoms with van der Waals surface area (Å²) in [4.78, 5) is 16.9. The molecule has 168 valence electrons. The average molecular weight is 455 g/mol. The topological polar surface area (TPSA) is 102 Å². The zero-order valence-corrected chi connectivity index (χ0v) is 18.6. The number of benzene rings is 2. The van der Waals surface area contributed by atoms with Crippen LogP contribution in [0.1, 0.15) is 41.7 Å². The molecule has 2 heterocycles. The van der Waals surface area contributed by atoms with Crippen molar-refractivity contribution in [1.82, 2.24) is 19.6 Å². The number of hydrogen-bond acceptors (Lipinski definition) is 5. The second-order valence-corrected chi connectivity index (χ2v) is 9.54. The van der Waals surface area contributed by atoms with E-state index in [2.05, 4.69) is 15.0 Å². The summed E-state index contributed by atoms with van der Waals surface area (Å²) in [5, 5.41) is 2.93. The van der Waals surface area contributed by atoms with Gasteiger partial charge in [-0.3, -0.25) is 4.79 Å². The second kappa shape index (κ2) is 9.64. The van der Waals surface area contributed by atoms with Crippen molar-refractivity contribution in [2.45, 2.75) is 36.8 Å². The first-order valence-corrected chi connectivity index (χ1v) is 12.0. The van der Waals surface area contributed by atoms with Crippen molar-refractivity contribution in [3.63, 3.8) is 0 Å². The lowest BCUT2D eigenvalue weighted by Gasteiger charge is -2.16. The molecule has 0 unspecified atom stereocenters. The van der Waals surface area contributed by atoms with Gasteiger partial charge >= 0.3 is 0 Å². The molecule has 1 aliphatic rings. The van der Waals surface area contributed by atoms with Crippen LogP contribution in [0.3, 0.4) is 0 Å². The normalized spacial score (nSPS) is 17.2. The Morgan fingerprint density at radius 1 is 1.25 bits per heavy atom. The van der Waals surface area contributed by atoms with E-state index in [1.807, 2.05) is 42.0 Å². The van der Waals surface area contributed by atoms with Gasteiger partial charge in [0.05, 0.1) is 23.4 Å². The van der Waals surface area contributed by atoms with Crippen molar-refractivity contribution < 1.29 is 17.9 Å². The minimum absolute atomic E-state index is 0.0560. The molecule has 0 saturated carbocycles. The van der Waals surface area contributed by atoms with Crippen LogP contribution in [0.15, 0.2) is 72.1 Å². The number of sulfonamides is 1. The maximum absolute atomic E-state index is 12.8. The fourth-order valence-corrected chi connectivity index (χ4v) is 4.72. The van der Waals surface area contributed by atoms with E-state index < -0.39 is 10.0 Å². The van der Waals surface area contributed by atoms with E-state index in [4.69, 9.17) is 4.74 Å². The Balaban J connectivity index is 1.40. The highest BCUT2D eigenvalue weighted by Crippen LogP contribution is 2.18. The minimum atomic E-state index is -3.73. The number of amides is 1. The summed E-state index contributed by atoms with van der Waals surface area (Å²) in [6.07, 6.45) is 6.97. The molecule has 2 atom stereocenters. The van der Waals surface area contributed by atoms with Gasteiger partial charge in [0.15, 0.2) is 0 Å². The monoisotopic (exact) mass is 454 g/mol. The van der Waals surface area contributed by atoms with Gasteiger partial charge in [0.2, 0.25) is 10.0 Å². The van der Waals surface area contributed by atoms with Crippen molar-refractivity contribution in [3.05, 3.63) is 78.4 Å². The van der Waals surface area contributed by atoms with Gasteiger partial charge in [-0.15, -0.1) is 0 Å². The number of carbonyl (C=O) groups is 1. The zero-order chi connectivity index (χ0) is 22.6. The largest absolute Gasteiger partial charge is 0.377 e. The molecule has 0 radical (unpaired) electrons. The molecule has 32 heavy (non-hydrogen) atoms. The van der Waals surface area contributed by atoms with Gasteiger partial charge in [-0.25, -0.2) is 18.1 Å². The highest BCUT2D eigenvalue weighted by Gasteiger charge is 2.21. The Kier molecular flexibility index (Phi) is 6.69. The van der Waals surface area contributed by atoms with E-state index in [0.717, 1.165) is 24.1 Å². The Hall–Kier alpha value is -3.01. The summed E-state index contributed by atoms with van der Waals surface area (Å²) < 4.78 is 35.2. The molecule has 1 fully saturated rings. The van der Waals surface area contributed by atoms with Crippen LogP contribution in [0.2, 0.25) is 0 Å². The third kappa shape index (κ3) is 5.24. The molecule has 9 heteroatoms. The Bertz CT molecular complexity index is 1150. The van der Waals surface area contributed by atoms with Crippen LogP contribution in [0.25, 0.3) is 5.69 Å². The molecular weight excluding hydrogens is 428 g/mol. The number of rotatable bonds is 8. The molecule has 0 aliphatic carbocycles. The first-order chi connectivity index (χ1) is 15.4. The van der Waals surface area contributed by atoms with Crippen LogP contribution in [0, 0.1) is 0 Å². The molecule has 0 bridgehead atoms. The summed E-state index contributed by atoms with van der Waals surface area (Å²) in [7, 11) is -3.73. The van der Waals surface area contributed by atoms with Crippen molar-refractivity contribution in [2.24, 2.45) is 0 Å². The highest BCUT2D eigenvalue weighted by molar-refractivity contribution is 7.89. The van der Waals surface area contributed by atoms with Gasteiger partial charge in [-0.05, 0) is 55.7 Å². The fourth-order valence-electron chi connectivity index (χ4n) is 3.61. The van der Waals surface area contributed by atoms with Gasteiger partial charge in [-0.1, -0.05) is 18.2 Å². The summed E-state index contributed by atoms with van der Waals surface area (Å²) in [6, 6.07) is 13.6. The molecule has 1 amide bonds. The number of carbonyl (C=O) groups excluding carboxylic acids is 1. The molecule has 1 saturated heterocycles. The maximum atomic E-state index is 12.8. The SMILES string of the molecule is C[C@@H](NC(=O)c1cccc(S(=O)(=O)NC[C@H]2CCCO2)c1)c1ccc(-n2ccnc2)cc1. The number of nitrogens with zero attached hydrogens (tertiary/aromatic N) is 2. The van der Waals surface area contributed by atoms with Crippen LogP contribution in [-0.4, -0.2) is 43.1 Å². The highest BCUT2D eigenvalue weighted by atomic mass is 32.2. The summed E-state index contributed by atoms with van der Waals surface area (Å²) in [5.41, 5.74) is 2.19. The molecule has 8 nitrogen and oxygen atoms in total. The average Bonchev–Trinajstić information content (AvgIpc) is 3.52. The predicted molar refractivity (Wildman–Crippen MR) is 120 cm³/mol. The lowest BCUT2D eigenvalue weighted by atomic mass is 10.1. The van der Waals surface area contributed by atoms with Gasteiger partial charge in [-0.2, -0.15) is 0 Å². The van der Waals surface area contributed by atoms with Crippen LogP contribution in [0.4, 0.5) is 0 Å². The summed E-state index contributed by atoms with van der Waals surface area (Å²) in [5.74, 6) is -0.340. The lowest BCUT2D eigenvalue weighted by Crippen LogP contribution is -2.32. The first-order valence-electron chi connectivity index (χ1n) is 10.5. The summed E-state index contributed by atoms with van der Waals surface area (Å²) in [6.45, 7) is 2.77. The van der Waals surface area contributed by atoms with E-state index in [-0.39, 0.29) is 35.1 Å². The summed E-state index contributed by atoms with van der Waals surface area (Å²) >= 11 is 0. The number of imidazole rings is 1. The standard InChI is InChI=1S/C23H26N4O4S/c1-17(18-7-9-20(10-8-18)27-12-11-24-16-27)26-23(28)19-4-2-6-22(14-19)32(29,30)25-15-21-5-3-13-31-21/h2,4,6-12,14,16-17,21,25H,3,5,13,15H2,1H3,(H,26,28)/t17-,21-/m1/s1. The number of aromatic nitrogens is 2. The molecular formula is C23H26N4O4S. The number of nitrogens with one attached hydrogen (secondary N) is 2. The third-order valence-corrected chi connectivity index (χ3v) is 6.90. The first kappa shape index (κ1) is 22.2. The molecule has 0 spiro atoms. The molecule has 2 N–H and O–H groups in total. The lowest BCUT2D eigenvalue weighted by molar-refractivity contribution is 0.0939. The quantitative estimate of drug-likeness (QED) is 0.545. The van der Waals surface area contributed by atoms with Gasteiger partial charge < -0.3 is 14.6 Å². The van der Waals surface area contributed by atoms with Crippen molar-refractivity contribution in [2.75, 3.05) is 13.2 Å². The van der Waals surface area contributed by atoms with E-state index in [0.29, 0.717) is 6.61 Å². The van der Waals surface area contributed by atoms with Gasteiger partial charge in [0.25, 0.3) is 5.91 Å². The zero-order valence-electron chi connectivity index (χ0n) is 17.8. The van der Waals surface area contributed by atoms with Gasteiger partial charge in [0.1, 0.15) is 0 Å². The van der Waals surface area contributed by atoms with E-state index >= 15 is 0 Å². The second-order valence-electron chi connectivity index (χ2n) is 7.77. The predicted octanol–water partition coefficient (Wildman–Crippen LogP) is 2.82. The molecule has 1 aliphatic heterocycles. The minimum Gasteiger partial charge on any atom is -0.377 e. The van der Waals surface area contributed by atoms with E-state index in [9.17, 15) is 13.2 Å². The third-order valence-electron chi connectivity index (χ3n) is 5.47. The van der Waals surface area contributed by atoms with Crippen LogP contribution in [0.5, 0.6) is 0 Å². The Morgan fingerprint density at radius 2 is 2.06 bits per heavy atom. The molecule has 2 aromatic carbocycles. The van der Waals surface area contributed by atoms with E-state index in [1.54, 1.807) is 24.7 Å². The Labute approximate surface area is 187 Å². The van der Waals surface area contributed by atoms with Crippen molar-refractivity contribution in [3.8, 4) is 5.69 Å². The molecule has 4 rings (SSSR count). The number of hydrogen-bond donors (Lipinski definition) is 2. The van der Waals surface area contributed by atoms with Crippen LogP contribution >= 0.6 is 0 Å². The molecule has 3 aromatic rings. The smallest absolute Gasteiger partial charge is 0.251 e. The van der Waals surface area contributed by atoms with E-state index in [1.165, 1.54) is 12.1 Å². The Morgan fingerprint density at radius 3 is 2.75 bits per heavy atom. The van der Waals surface area contributed by atoms with Gasteiger partial charge in [0, 0.05) is 36.8 Å².